The van der Waals surface area contributed by atoms with Gasteiger partial charge in [-0.1, -0.05) is 42.6 Å². The average molecular weight is 414 g/mol. The highest BCUT2D eigenvalue weighted by molar-refractivity contribution is 6.32. The highest BCUT2D eigenvalue weighted by Crippen LogP contribution is 2.37. The molecule has 1 N–H and O–H groups in total. The Kier molecular flexibility index (Phi) is 8.68. The Morgan fingerprint density at radius 3 is 2.63 bits per heavy atom. The van der Waals surface area contributed by atoms with Gasteiger partial charge in [0, 0.05) is 18.2 Å². The Hall–Kier alpha value is -1.49. The van der Waals surface area contributed by atoms with E-state index in [0.717, 1.165) is 12.1 Å². The van der Waals surface area contributed by atoms with Crippen LogP contribution in [-0.4, -0.2) is 12.6 Å². The summed E-state index contributed by atoms with van der Waals surface area (Å²) in [5.41, 5.74) is 1.54. The van der Waals surface area contributed by atoms with Gasteiger partial charge in [-0.3, -0.25) is 0 Å². The number of benzene rings is 2. The Morgan fingerprint density at radius 2 is 1.93 bits per heavy atom. The lowest BCUT2D eigenvalue weighted by Gasteiger charge is -2.17. The number of nitrogens with one attached hydrogen (secondary N) is 1. The molecule has 3 nitrogen and oxygen atoms in total. The fraction of sp³-hybridized carbons (Fsp3) is 0.429. The summed E-state index contributed by atoms with van der Waals surface area (Å²) in [7, 11) is 0. The first kappa shape index (κ1) is 21.8. The summed E-state index contributed by atoms with van der Waals surface area (Å²) in [6.07, 6.45) is 5.06. The first-order valence-electron chi connectivity index (χ1n) is 9.22. The second kappa shape index (κ2) is 10.7. The molecular weight excluding hydrogens is 388 g/mol. The van der Waals surface area contributed by atoms with E-state index < -0.39 is 0 Å². The van der Waals surface area contributed by atoms with E-state index in [0.29, 0.717) is 34.7 Å². The summed E-state index contributed by atoms with van der Waals surface area (Å²) in [5.74, 6) is 0.764. The molecule has 0 aromatic heterocycles. The normalized spacial score (nSPS) is 14.0. The van der Waals surface area contributed by atoms with Gasteiger partial charge < -0.3 is 27.2 Å². The molecule has 0 unspecified atom stereocenters. The smallest absolute Gasteiger partial charge is 1.00 e. The molecule has 0 bridgehead atoms. The van der Waals surface area contributed by atoms with Gasteiger partial charge in [0.1, 0.15) is 12.4 Å². The van der Waals surface area contributed by atoms with Crippen molar-refractivity contribution in [2.45, 2.75) is 51.8 Å². The van der Waals surface area contributed by atoms with Crippen molar-refractivity contribution in [3.05, 3.63) is 58.4 Å². The van der Waals surface area contributed by atoms with E-state index in [-0.39, 0.29) is 26.3 Å². The summed E-state index contributed by atoms with van der Waals surface area (Å²) in [6.45, 7) is 3.27. The van der Waals surface area contributed by atoms with Crippen molar-refractivity contribution < 1.29 is 27.7 Å². The molecule has 3 rings (SSSR count). The van der Waals surface area contributed by atoms with Crippen molar-refractivity contribution >= 4 is 11.6 Å². The summed E-state index contributed by atoms with van der Waals surface area (Å²) < 4.78 is 25.3. The van der Waals surface area contributed by atoms with Crippen LogP contribution in [0, 0.1) is 5.82 Å². The van der Waals surface area contributed by atoms with Crippen LogP contribution in [-0.2, 0) is 13.2 Å². The molecule has 1 fully saturated rings. The molecule has 0 heterocycles. The van der Waals surface area contributed by atoms with Crippen LogP contribution >= 0.6 is 11.6 Å². The van der Waals surface area contributed by atoms with Crippen LogP contribution in [0.5, 0.6) is 11.5 Å². The Morgan fingerprint density at radius 1 is 1.19 bits per heavy atom. The Bertz CT molecular complexity index is 742. The molecular formula is C21H26Cl2FNO2. The van der Waals surface area contributed by atoms with E-state index in [2.05, 4.69) is 5.32 Å². The maximum atomic E-state index is 13.8. The van der Waals surface area contributed by atoms with Crippen LogP contribution in [0.4, 0.5) is 4.39 Å². The Balaban J connectivity index is 0.00000196. The lowest BCUT2D eigenvalue weighted by atomic mass is 10.1. The maximum absolute atomic E-state index is 13.8. The van der Waals surface area contributed by atoms with Gasteiger partial charge in [-0.25, -0.2) is 4.39 Å². The second-order valence-electron chi connectivity index (χ2n) is 6.58. The molecule has 0 amide bonds. The van der Waals surface area contributed by atoms with E-state index in [9.17, 15) is 4.39 Å². The van der Waals surface area contributed by atoms with Gasteiger partial charge in [0.05, 0.1) is 11.6 Å². The number of hydrogen-bond donors (Lipinski definition) is 1. The Labute approximate surface area is 173 Å². The van der Waals surface area contributed by atoms with Crippen molar-refractivity contribution in [1.82, 2.24) is 5.32 Å². The monoisotopic (exact) mass is 413 g/mol. The summed E-state index contributed by atoms with van der Waals surface area (Å²) >= 11 is 6.45. The van der Waals surface area contributed by atoms with Crippen molar-refractivity contribution in [2.75, 3.05) is 6.61 Å². The lowest BCUT2D eigenvalue weighted by Crippen LogP contribution is -3.00. The van der Waals surface area contributed by atoms with Crippen molar-refractivity contribution in [2.24, 2.45) is 0 Å². The fourth-order valence-corrected chi connectivity index (χ4v) is 3.57. The van der Waals surface area contributed by atoms with Gasteiger partial charge in [-0.05, 0) is 43.5 Å². The summed E-state index contributed by atoms with van der Waals surface area (Å²) in [4.78, 5) is 0. The van der Waals surface area contributed by atoms with Crippen molar-refractivity contribution in [1.29, 1.82) is 0 Å². The highest BCUT2D eigenvalue weighted by atomic mass is 35.5. The molecule has 1 aliphatic rings. The van der Waals surface area contributed by atoms with Crippen LogP contribution in [0.3, 0.4) is 0 Å². The van der Waals surface area contributed by atoms with Crippen LogP contribution in [0.1, 0.15) is 45.2 Å². The van der Waals surface area contributed by atoms with Gasteiger partial charge >= 0.3 is 1.43 Å². The quantitative estimate of drug-likeness (QED) is 0.721. The summed E-state index contributed by atoms with van der Waals surface area (Å²) in [6, 6.07) is 11.0. The number of ether oxygens (including phenoxy) is 2. The SMILES string of the molecule is CCOc1cc(CNC2CCCC2)cc(Cl)c1OCc1ccccc1F.[Cl-].[H+]. The zero-order valence-corrected chi connectivity index (χ0v) is 17.0. The lowest BCUT2D eigenvalue weighted by molar-refractivity contribution is -0.00000669. The highest BCUT2D eigenvalue weighted by Gasteiger charge is 2.17. The van der Waals surface area contributed by atoms with E-state index in [4.69, 9.17) is 21.1 Å². The third-order valence-corrected chi connectivity index (χ3v) is 4.93. The molecule has 1 aliphatic carbocycles. The van der Waals surface area contributed by atoms with E-state index in [1.165, 1.54) is 31.7 Å². The second-order valence-corrected chi connectivity index (χ2v) is 6.99. The van der Waals surface area contributed by atoms with E-state index in [1.807, 2.05) is 19.1 Å². The first-order chi connectivity index (χ1) is 12.7. The molecule has 27 heavy (non-hydrogen) atoms. The molecule has 0 radical (unpaired) electrons. The van der Waals surface area contributed by atoms with Gasteiger partial charge in [0.2, 0.25) is 0 Å². The number of halogens is 3. The maximum Gasteiger partial charge on any atom is 1.00 e. The zero-order valence-electron chi connectivity index (χ0n) is 16.4. The van der Waals surface area contributed by atoms with Crippen LogP contribution in [0.15, 0.2) is 36.4 Å². The van der Waals surface area contributed by atoms with E-state index >= 15 is 0 Å². The largest absolute Gasteiger partial charge is 1.00 e. The molecule has 6 heteroatoms. The predicted molar refractivity (Wildman–Crippen MR) is 104 cm³/mol. The first-order valence-corrected chi connectivity index (χ1v) is 9.60. The van der Waals surface area contributed by atoms with Gasteiger partial charge in [-0.15, -0.1) is 0 Å². The van der Waals surface area contributed by atoms with Crippen LogP contribution < -0.4 is 27.2 Å². The minimum Gasteiger partial charge on any atom is -1.00 e. The molecule has 2 aromatic carbocycles. The van der Waals surface area contributed by atoms with Crippen LogP contribution in [0.25, 0.3) is 0 Å². The molecule has 0 saturated heterocycles. The predicted octanol–water partition coefficient (Wildman–Crippen LogP) is 2.61. The molecule has 0 aliphatic heterocycles. The third-order valence-electron chi connectivity index (χ3n) is 4.65. The third kappa shape index (κ3) is 6.00. The molecule has 0 atom stereocenters. The van der Waals surface area contributed by atoms with Gasteiger partial charge in [0.25, 0.3) is 0 Å². The van der Waals surface area contributed by atoms with Crippen LogP contribution in [0.2, 0.25) is 5.02 Å². The van der Waals surface area contributed by atoms with Gasteiger partial charge in [0.15, 0.2) is 11.5 Å². The minimum atomic E-state index is -0.293. The average Bonchev–Trinajstić information content (AvgIpc) is 3.14. The van der Waals surface area contributed by atoms with Gasteiger partial charge in [-0.2, -0.15) is 0 Å². The van der Waals surface area contributed by atoms with Crippen molar-refractivity contribution in [3.63, 3.8) is 0 Å². The zero-order chi connectivity index (χ0) is 18.4. The fourth-order valence-electron chi connectivity index (χ4n) is 3.28. The molecule has 148 valence electrons. The minimum absolute atomic E-state index is 0. The number of rotatable bonds is 8. The van der Waals surface area contributed by atoms with E-state index in [1.54, 1.807) is 18.2 Å². The molecule has 0 spiro atoms. The molecule has 2 aromatic rings. The number of hydrogen-bond acceptors (Lipinski definition) is 3. The van der Waals surface area contributed by atoms with Crippen molar-refractivity contribution in [3.8, 4) is 11.5 Å². The standard InChI is InChI=1S/C21H25ClFNO2.ClH/c1-2-25-20-12-15(13-24-17-8-4-5-9-17)11-18(22)21(20)26-14-16-7-3-6-10-19(16)23;/h3,6-7,10-12,17,24H,2,4-5,8-9,13-14H2,1H3;1H. The summed E-state index contributed by atoms with van der Waals surface area (Å²) in [5, 5.41) is 4.06. The molecule has 1 saturated carbocycles. The topological polar surface area (TPSA) is 30.5 Å².